The summed E-state index contributed by atoms with van der Waals surface area (Å²) in [6, 6.07) is 82.3. The highest BCUT2D eigenvalue weighted by molar-refractivity contribution is 7.25. The monoisotopic (exact) mass is 743 g/mol. The van der Waals surface area contributed by atoms with Gasteiger partial charge in [0.05, 0.1) is 5.41 Å². The van der Waals surface area contributed by atoms with Crippen LogP contribution in [-0.4, -0.2) is 0 Å². The molecule has 0 spiro atoms. The van der Waals surface area contributed by atoms with Gasteiger partial charge >= 0.3 is 0 Å². The molecule has 10 aromatic rings. The third kappa shape index (κ3) is 5.44. The first-order chi connectivity index (χ1) is 28.3. The van der Waals surface area contributed by atoms with E-state index in [1.165, 1.54) is 75.8 Å². The molecule has 1 aromatic heterocycles. The Kier molecular flexibility index (Phi) is 7.98. The van der Waals surface area contributed by atoms with Gasteiger partial charge in [0.1, 0.15) is 0 Å². The fourth-order valence-electron chi connectivity index (χ4n) is 9.21. The number of hydrogen-bond donors (Lipinski definition) is 0. The van der Waals surface area contributed by atoms with Gasteiger partial charge in [-0.3, -0.25) is 0 Å². The van der Waals surface area contributed by atoms with E-state index in [1.807, 2.05) is 11.3 Å². The second kappa shape index (κ2) is 13.6. The number of benzene rings is 9. The Morgan fingerprint density at radius 3 is 1.51 bits per heavy atom. The number of fused-ring (bicyclic) bond motifs is 6. The third-order valence-corrected chi connectivity index (χ3v) is 12.8. The Balaban J connectivity index is 1.04. The van der Waals surface area contributed by atoms with E-state index < -0.39 is 5.41 Å². The van der Waals surface area contributed by atoms with Gasteiger partial charge < -0.3 is 4.90 Å². The fourth-order valence-corrected chi connectivity index (χ4v) is 10.4. The van der Waals surface area contributed by atoms with Crippen molar-refractivity contribution in [1.29, 1.82) is 0 Å². The van der Waals surface area contributed by atoms with Crippen LogP contribution in [0.2, 0.25) is 0 Å². The Hall–Kier alpha value is -7.00. The van der Waals surface area contributed by atoms with Crippen molar-refractivity contribution in [1.82, 2.24) is 0 Å². The second-order valence-corrected chi connectivity index (χ2v) is 16.0. The molecule has 11 rings (SSSR count). The molecule has 0 amide bonds. The number of para-hydroxylation sites is 1. The first kappa shape index (κ1) is 33.3. The van der Waals surface area contributed by atoms with E-state index in [-0.39, 0.29) is 0 Å². The normalized spacial score (nSPS) is 12.7. The molecule has 0 fully saturated rings. The summed E-state index contributed by atoms with van der Waals surface area (Å²) in [5.41, 5.74) is 15.7. The molecule has 0 saturated carbocycles. The van der Waals surface area contributed by atoms with Crippen molar-refractivity contribution >= 4 is 48.6 Å². The average Bonchev–Trinajstić information content (AvgIpc) is 3.81. The lowest BCUT2D eigenvalue weighted by molar-refractivity contribution is 0.770. The quantitative estimate of drug-likeness (QED) is 0.157. The van der Waals surface area contributed by atoms with Gasteiger partial charge in [-0.2, -0.15) is 0 Å². The van der Waals surface area contributed by atoms with Crippen LogP contribution < -0.4 is 4.90 Å². The van der Waals surface area contributed by atoms with Crippen LogP contribution in [0.4, 0.5) is 17.1 Å². The largest absolute Gasteiger partial charge is 0.310 e. The van der Waals surface area contributed by atoms with E-state index >= 15 is 0 Å². The predicted octanol–water partition coefficient (Wildman–Crippen LogP) is 15.2. The van der Waals surface area contributed by atoms with E-state index in [1.54, 1.807) is 0 Å². The number of nitrogens with zero attached hydrogens (tertiary/aromatic N) is 1. The van der Waals surface area contributed by atoms with Gasteiger partial charge in [-0.05, 0) is 104 Å². The zero-order chi connectivity index (χ0) is 37.8. The molecular formula is C55H37NS. The van der Waals surface area contributed by atoms with Crippen LogP contribution in [0.25, 0.3) is 53.6 Å². The van der Waals surface area contributed by atoms with Gasteiger partial charge in [-0.15, -0.1) is 11.3 Å². The topological polar surface area (TPSA) is 3.24 Å². The van der Waals surface area contributed by atoms with Crippen LogP contribution in [0.15, 0.2) is 224 Å². The van der Waals surface area contributed by atoms with E-state index in [4.69, 9.17) is 0 Å². The molecule has 268 valence electrons. The second-order valence-electron chi connectivity index (χ2n) is 14.9. The Labute approximate surface area is 337 Å². The molecule has 57 heavy (non-hydrogen) atoms. The molecule has 0 radical (unpaired) electrons. The number of hydrogen-bond acceptors (Lipinski definition) is 2. The average molecular weight is 744 g/mol. The summed E-state index contributed by atoms with van der Waals surface area (Å²) in [6.07, 6.45) is 0. The summed E-state index contributed by atoms with van der Waals surface area (Å²) in [7, 11) is 0. The minimum absolute atomic E-state index is 0.417. The van der Waals surface area contributed by atoms with Gasteiger partial charge in [-0.1, -0.05) is 176 Å². The minimum atomic E-state index is -0.417. The van der Waals surface area contributed by atoms with Gasteiger partial charge in [0, 0.05) is 37.2 Å². The molecule has 0 bridgehead atoms. The highest BCUT2D eigenvalue weighted by Gasteiger charge is 2.45. The number of anilines is 3. The summed E-state index contributed by atoms with van der Waals surface area (Å²) < 4.78 is 2.57. The fraction of sp³-hybridized carbons (Fsp3) is 0.0182. The van der Waals surface area contributed by atoms with Gasteiger partial charge in [0.25, 0.3) is 0 Å². The predicted molar refractivity (Wildman–Crippen MR) is 242 cm³/mol. The van der Waals surface area contributed by atoms with Crippen molar-refractivity contribution in [2.45, 2.75) is 5.41 Å². The maximum atomic E-state index is 2.47. The third-order valence-electron chi connectivity index (χ3n) is 11.7. The van der Waals surface area contributed by atoms with Crippen molar-refractivity contribution in [3.05, 3.63) is 247 Å². The molecule has 1 nitrogen and oxygen atoms in total. The number of rotatable bonds is 7. The smallest absolute Gasteiger partial charge is 0.0714 e. The van der Waals surface area contributed by atoms with E-state index in [0.717, 1.165) is 17.1 Å². The Morgan fingerprint density at radius 1 is 0.316 bits per heavy atom. The SMILES string of the molecule is c1ccc(-c2cccc(-c3cccc(N(c4ccccc4)c4ccc5c(c4)sc4cc(C6(c7ccccc7)c7ccccc7-c7ccccc76)ccc45)c3)c2)cc1. The van der Waals surface area contributed by atoms with Crippen LogP contribution in [0.3, 0.4) is 0 Å². The van der Waals surface area contributed by atoms with Crippen LogP contribution in [-0.2, 0) is 5.41 Å². The molecule has 1 heterocycles. The van der Waals surface area contributed by atoms with Crippen LogP contribution in [0.1, 0.15) is 22.3 Å². The molecular weight excluding hydrogens is 707 g/mol. The molecule has 1 aliphatic carbocycles. The Morgan fingerprint density at radius 2 is 0.807 bits per heavy atom. The van der Waals surface area contributed by atoms with E-state index in [2.05, 4.69) is 229 Å². The maximum absolute atomic E-state index is 2.47. The van der Waals surface area contributed by atoms with Crippen LogP contribution in [0, 0.1) is 0 Å². The standard InChI is InChI=1S/C55H37NS/c1-4-16-38(17-5-1)39-18-14-19-40(34-39)41-20-15-25-45(35-41)56(44-23-8-3-9-24-44)46-31-33-50-49-32-30-43(36-53(49)57-54(50)37-46)55(42-21-6-2-7-22-42)51-28-12-10-26-47(51)48-27-11-13-29-52(48)55/h1-37H. The zero-order valence-electron chi connectivity index (χ0n) is 31.2. The molecule has 1 aliphatic rings. The highest BCUT2D eigenvalue weighted by Crippen LogP contribution is 2.56. The van der Waals surface area contributed by atoms with Crippen LogP contribution in [0.5, 0.6) is 0 Å². The summed E-state index contributed by atoms with van der Waals surface area (Å²) in [6.45, 7) is 0. The molecule has 9 aromatic carbocycles. The molecule has 0 atom stereocenters. The first-order valence-electron chi connectivity index (χ1n) is 19.6. The lowest BCUT2D eigenvalue weighted by Crippen LogP contribution is -2.28. The first-order valence-corrected chi connectivity index (χ1v) is 20.4. The molecule has 2 heteroatoms. The summed E-state index contributed by atoms with van der Waals surface area (Å²) in [5.74, 6) is 0. The lowest BCUT2D eigenvalue weighted by Gasteiger charge is -2.33. The van der Waals surface area contributed by atoms with Crippen molar-refractivity contribution in [2.75, 3.05) is 4.90 Å². The van der Waals surface area contributed by atoms with E-state index in [0.29, 0.717) is 0 Å². The maximum Gasteiger partial charge on any atom is 0.0714 e. The molecule has 0 N–H and O–H groups in total. The van der Waals surface area contributed by atoms with Crippen molar-refractivity contribution in [3.63, 3.8) is 0 Å². The molecule has 0 saturated heterocycles. The summed E-state index contributed by atoms with van der Waals surface area (Å²) >= 11 is 1.89. The van der Waals surface area contributed by atoms with Crippen molar-refractivity contribution < 1.29 is 0 Å². The molecule has 0 unspecified atom stereocenters. The van der Waals surface area contributed by atoms with Gasteiger partial charge in [0.15, 0.2) is 0 Å². The van der Waals surface area contributed by atoms with Gasteiger partial charge in [-0.25, -0.2) is 0 Å². The molecule has 0 aliphatic heterocycles. The Bertz CT molecular complexity index is 3030. The summed E-state index contributed by atoms with van der Waals surface area (Å²) in [4.78, 5) is 2.39. The van der Waals surface area contributed by atoms with Crippen molar-refractivity contribution in [3.8, 4) is 33.4 Å². The van der Waals surface area contributed by atoms with E-state index in [9.17, 15) is 0 Å². The summed E-state index contributed by atoms with van der Waals surface area (Å²) in [5, 5.41) is 2.57. The lowest BCUT2D eigenvalue weighted by atomic mass is 9.67. The van der Waals surface area contributed by atoms with Gasteiger partial charge in [0.2, 0.25) is 0 Å². The minimum Gasteiger partial charge on any atom is -0.310 e. The van der Waals surface area contributed by atoms with Crippen LogP contribution >= 0.6 is 11.3 Å². The highest BCUT2D eigenvalue weighted by atomic mass is 32.1. The zero-order valence-corrected chi connectivity index (χ0v) is 32.0. The number of thiophene rings is 1. The van der Waals surface area contributed by atoms with Crippen molar-refractivity contribution in [2.24, 2.45) is 0 Å².